The molecule has 2 N–H and O–H groups in total. The number of imidazole rings is 1. The fraction of sp³-hybridized carbons (Fsp3) is 0.208. The molecule has 0 amide bonds. The van der Waals surface area contributed by atoms with Gasteiger partial charge in [0.25, 0.3) is 0 Å². The number of nitrogens with zero attached hydrogens (tertiary/aromatic N) is 5. The molecule has 0 aliphatic carbocycles. The van der Waals surface area contributed by atoms with Gasteiger partial charge in [0, 0.05) is 23.4 Å². The number of aromatic carboxylic acids is 1. The van der Waals surface area contributed by atoms with Crippen molar-refractivity contribution in [1.82, 2.24) is 30.2 Å². The van der Waals surface area contributed by atoms with Crippen molar-refractivity contribution in [2.75, 3.05) is 0 Å². The maximum atomic E-state index is 12.0. The molecule has 8 nitrogen and oxygen atoms in total. The number of rotatable bonds is 7. The van der Waals surface area contributed by atoms with Gasteiger partial charge in [-0.3, -0.25) is 0 Å². The summed E-state index contributed by atoms with van der Waals surface area (Å²) < 4.78 is 2.07. The van der Waals surface area contributed by atoms with E-state index in [0.717, 1.165) is 51.3 Å². The fourth-order valence-corrected chi connectivity index (χ4v) is 5.17. The highest BCUT2D eigenvalue weighted by Crippen LogP contribution is 2.35. The molecule has 0 atom stereocenters. The van der Waals surface area contributed by atoms with Crippen molar-refractivity contribution in [3.05, 3.63) is 69.7 Å². The molecule has 33 heavy (non-hydrogen) atoms. The van der Waals surface area contributed by atoms with Crippen LogP contribution in [-0.2, 0) is 13.0 Å². The first-order valence-corrected chi connectivity index (χ1v) is 11.5. The van der Waals surface area contributed by atoms with Crippen LogP contribution in [0.4, 0.5) is 0 Å². The molecular weight excluding hydrogens is 436 g/mol. The van der Waals surface area contributed by atoms with E-state index in [1.165, 1.54) is 11.3 Å². The summed E-state index contributed by atoms with van der Waals surface area (Å²) in [6.45, 7) is 4.55. The third-order valence-corrected chi connectivity index (χ3v) is 6.74. The molecule has 0 unspecified atom stereocenters. The molecule has 0 saturated carbocycles. The van der Waals surface area contributed by atoms with E-state index in [4.69, 9.17) is 4.98 Å². The molecule has 5 rings (SSSR count). The second-order valence-electron chi connectivity index (χ2n) is 7.79. The molecule has 0 saturated heterocycles. The number of hydrogen-bond donors (Lipinski definition) is 2. The van der Waals surface area contributed by atoms with Crippen LogP contribution in [-0.4, -0.2) is 41.3 Å². The molecule has 0 aliphatic heterocycles. The van der Waals surface area contributed by atoms with Crippen LogP contribution in [0.3, 0.4) is 0 Å². The SMILES string of the molecule is CCCc1nc2c(C)sc(C(=O)O)c2n1Cc1ccccc1-c1ccccc1-c1nn[nH]n1. The Morgan fingerprint density at radius 1 is 1.09 bits per heavy atom. The molecule has 9 heteroatoms. The Labute approximate surface area is 193 Å². The second kappa shape index (κ2) is 8.59. The van der Waals surface area contributed by atoms with Crippen LogP contribution in [0.25, 0.3) is 33.5 Å². The zero-order valence-corrected chi connectivity index (χ0v) is 19.1. The van der Waals surface area contributed by atoms with Crippen molar-refractivity contribution in [3.63, 3.8) is 0 Å². The van der Waals surface area contributed by atoms with Crippen LogP contribution >= 0.6 is 11.3 Å². The molecule has 2 aromatic carbocycles. The van der Waals surface area contributed by atoms with Gasteiger partial charge in [0.15, 0.2) is 0 Å². The largest absolute Gasteiger partial charge is 0.477 e. The molecule has 3 aromatic heterocycles. The quantitative estimate of drug-likeness (QED) is 0.357. The number of thiophene rings is 1. The number of fused-ring (bicyclic) bond motifs is 1. The van der Waals surface area contributed by atoms with Crippen LogP contribution in [0.1, 0.15) is 39.3 Å². The van der Waals surface area contributed by atoms with Crippen molar-refractivity contribution >= 4 is 28.3 Å². The zero-order valence-electron chi connectivity index (χ0n) is 18.2. The molecule has 166 valence electrons. The average Bonchev–Trinajstić information content (AvgIpc) is 3.54. The number of carbonyl (C=O) groups is 1. The van der Waals surface area contributed by atoms with Gasteiger partial charge < -0.3 is 9.67 Å². The summed E-state index contributed by atoms with van der Waals surface area (Å²) in [5.41, 5.74) is 5.44. The van der Waals surface area contributed by atoms with Crippen molar-refractivity contribution in [3.8, 4) is 22.5 Å². The third-order valence-electron chi connectivity index (χ3n) is 5.67. The van der Waals surface area contributed by atoms with E-state index in [-0.39, 0.29) is 0 Å². The van der Waals surface area contributed by atoms with E-state index >= 15 is 0 Å². The molecule has 0 radical (unpaired) electrons. The first-order chi connectivity index (χ1) is 16.1. The van der Waals surface area contributed by atoms with Crippen LogP contribution in [0, 0.1) is 6.92 Å². The van der Waals surface area contributed by atoms with Crippen molar-refractivity contribution in [1.29, 1.82) is 0 Å². The zero-order chi connectivity index (χ0) is 22.9. The molecule has 0 bridgehead atoms. The molecule has 3 heterocycles. The van der Waals surface area contributed by atoms with E-state index in [1.807, 2.05) is 43.3 Å². The smallest absolute Gasteiger partial charge is 0.348 e. The summed E-state index contributed by atoms with van der Waals surface area (Å²) in [5, 5.41) is 24.4. The van der Waals surface area contributed by atoms with E-state index < -0.39 is 5.97 Å². The van der Waals surface area contributed by atoms with E-state index in [9.17, 15) is 9.90 Å². The lowest BCUT2D eigenvalue weighted by molar-refractivity contribution is 0.0703. The second-order valence-corrected chi connectivity index (χ2v) is 9.02. The Hall–Kier alpha value is -3.85. The van der Waals surface area contributed by atoms with Gasteiger partial charge in [-0.25, -0.2) is 9.78 Å². The fourth-order valence-electron chi connectivity index (χ4n) is 4.23. The number of H-pyrrole nitrogens is 1. The average molecular weight is 459 g/mol. The van der Waals surface area contributed by atoms with Crippen molar-refractivity contribution < 1.29 is 9.90 Å². The lowest BCUT2D eigenvalue weighted by Crippen LogP contribution is -2.08. The Kier molecular flexibility index (Phi) is 5.47. The predicted octanol–water partition coefficient (Wildman–Crippen LogP) is 4.95. The standard InChI is InChI=1S/C24H22N6O2S/c1-3-8-19-25-20-14(2)33-22(24(31)32)21(20)30(19)13-15-9-4-5-10-16(15)17-11-6-7-12-18(17)23-26-28-29-27-23/h4-7,9-12H,3,8,13H2,1-2H3,(H,31,32)(H,26,27,28,29). The molecule has 0 aliphatic rings. The maximum absolute atomic E-state index is 12.0. The van der Waals surface area contributed by atoms with E-state index in [0.29, 0.717) is 22.8 Å². The number of aromatic amines is 1. The molecule has 0 fully saturated rings. The maximum Gasteiger partial charge on any atom is 0.348 e. The lowest BCUT2D eigenvalue weighted by atomic mass is 9.95. The van der Waals surface area contributed by atoms with Gasteiger partial charge in [-0.15, -0.1) is 21.5 Å². The first kappa shape index (κ1) is 21.0. The Balaban J connectivity index is 1.68. The molecule has 0 spiro atoms. The monoisotopic (exact) mass is 458 g/mol. The number of benzene rings is 2. The number of aryl methyl sites for hydroxylation is 2. The van der Waals surface area contributed by atoms with E-state index in [1.54, 1.807) is 0 Å². The normalized spacial score (nSPS) is 11.3. The number of aromatic nitrogens is 6. The van der Waals surface area contributed by atoms with Crippen molar-refractivity contribution in [2.24, 2.45) is 0 Å². The van der Waals surface area contributed by atoms with Gasteiger partial charge in [0.05, 0.1) is 5.52 Å². The van der Waals surface area contributed by atoms with Gasteiger partial charge in [-0.1, -0.05) is 55.5 Å². The summed E-state index contributed by atoms with van der Waals surface area (Å²) in [6, 6.07) is 16.1. The summed E-state index contributed by atoms with van der Waals surface area (Å²) in [6.07, 6.45) is 1.70. The summed E-state index contributed by atoms with van der Waals surface area (Å²) in [7, 11) is 0. The topological polar surface area (TPSA) is 110 Å². The predicted molar refractivity (Wildman–Crippen MR) is 127 cm³/mol. The minimum absolute atomic E-state index is 0.335. The molecular formula is C24H22N6O2S. The number of carboxylic acids is 1. The number of nitrogens with one attached hydrogen (secondary N) is 1. The van der Waals surface area contributed by atoms with E-state index in [2.05, 4.69) is 44.2 Å². The third kappa shape index (κ3) is 3.70. The highest BCUT2D eigenvalue weighted by Gasteiger charge is 2.23. The van der Waals surface area contributed by atoms with Crippen LogP contribution < -0.4 is 0 Å². The van der Waals surface area contributed by atoms with Gasteiger partial charge in [-0.05, 0) is 35.2 Å². The Morgan fingerprint density at radius 3 is 2.52 bits per heavy atom. The minimum atomic E-state index is -0.918. The lowest BCUT2D eigenvalue weighted by Gasteiger charge is -2.15. The first-order valence-electron chi connectivity index (χ1n) is 10.7. The molecule has 5 aromatic rings. The highest BCUT2D eigenvalue weighted by molar-refractivity contribution is 7.15. The summed E-state index contributed by atoms with van der Waals surface area (Å²) in [5.74, 6) is 0.513. The van der Waals surface area contributed by atoms with Gasteiger partial charge in [0.1, 0.15) is 16.2 Å². The number of tetrazole rings is 1. The Bertz CT molecular complexity index is 1450. The van der Waals surface area contributed by atoms with Crippen molar-refractivity contribution in [2.45, 2.75) is 33.2 Å². The van der Waals surface area contributed by atoms with Gasteiger partial charge >= 0.3 is 5.97 Å². The highest BCUT2D eigenvalue weighted by atomic mass is 32.1. The van der Waals surface area contributed by atoms with Gasteiger partial charge in [-0.2, -0.15) is 5.21 Å². The Morgan fingerprint density at radius 2 is 1.82 bits per heavy atom. The van der Waals surface area contributed by atoms with Gasteiger partial charge in [0.2, 0.25) is 5.82 Å². The summed E-state index contributed by atoms with van der Waals surface area (Å²) in [4.78, 5) is 18.1. The van der Waals surface area contributed by atoms with Crippen LogP contribution in [0.5, 0.6) is 0 Å². The van der Waals surface area contributed by atoms with Crippen LogP contribution in [0.15, 0.2) is 48.5 Å². The number of hydrogen-bond acceptors (Lipinski definition) is 6. The van der Waals surface area contributed by atoms with Crippen LogP contribution in [0.2, 0.25) is 0 Å². The summed E-state index contributed by atoms with van der Waals surface area (Å²) >= 11 is 1.29. The minimum Gasteiger partial charge on any atom is -0.477 e. The number of carboxylic acid groups (broad SMARTS) is 1.